The standard InChI is InChI=1S/C6H6BrN3.ClH/c7-4-2-1-3-10-5(4)6(8)9;/h1-3H,(H3,8,9);1H. The lowest BCUT2D eigenvalue weighted by Crippen LogP contribution is -2.13. The van der Waals surface area contributed by atoms with Crippen molar-refractivity contribution in [2.75, 3.05) is 0 Å². The molecule has 11 heavy (non-hydrogen) atoms. The minimum atomic E-state index is -0.0209. The predicted octanol–water partition coefficient (Wildman–Crippen LogP) is 1.55. The maximum absolute atomic E-state index is 7.06. The number of hydrogen-bond donors (Lipinski definition) is 2. The Hall–Kier alpha value is -0.610. The zero-order chi connectivity index (χ0) is 7.56. The average Bonchev–Trinajstić information content (AvgIpc) is 1.88. The molecule has 0 unspecified atom stereocenters. The van der Waals surface area contributed by atoms with E-state index in [1.165, 1.54) is 0 Å². The third-order valence-corrected chi connectivity index (χ3v) is 1.65. The summed E-state index contributed by atoms with van der Waals surface area (Å²) in [5, 5.41) is 7.06. The molecule has 0 radical (unpaired) electrons. The molecule has 0 aliphatic heterocycles. The van der Waals surface area contributed by atoms with Gasteiger partial charge in [0.25, 0.3) is 0 Å². The van der Waals surface area contributed by atoms with Gasteiger partial charge in [-0.05, 0) is 28.1 Å². The van der Waals surface area contributed by atoms with Crippen LogP contribution in [0.5, 0.6) is 0 Å². The molecule has 1 rings (SSSR count). The molecule has 0 bridgehead atoms. The van der Waals surface area contributed by atoms with E-state index in [0.717, 1.165) is 4.47 Å². The van der Waals surface area contributed by atoms with Crippen molar-refractivity contribution >= 4 is 34.2 Å². The van der Waals surface area contributed by atoms with Crippen LogP contribution in [0.2, 0.25) is 0 Å². The molecule has 0 saturated heterocycles. The third-order valence-electron chi connectivity index (χ3n) is 1.01. The van der Waals surface area contributed by atoms with Gasteiger partial charge in [0, 0.05) is 10.7 Å². The number of nitrogens with one attached hydrogen (secondary N) is 1. The highest BCUT2D eigenvalue weighted by Crippen LogP contribution is 2.11. The Morgan fingerprint density at radius 3 is 2.64 bits per heavy atom. The molecule has 1 aromatic heterocycles. The van der Waals surface area contributed by atoms with Gasteiger partial charge in [-0.25, -0.2) is 0 Å². The molecule has 0 aromatic carbocycles. The molecular formula is C6H7BrClN3. The van der Waals surface area contributed by atoms with Crippen molar-refractivity contribution in [1.29, 1.82) is 5.41 Å². The summed E-state index contributed by atoms with van der Waals surface area (Å²) in [7, 11) is 0. The first-order valence-electron chi connectivity index (χ1n) is 2.66. The summed E-state index contributed by atoms with van der Waals surface area (Å²) in [6, 6.07) is 3.57. The van der Waals surface area contributed by atoms with E-state index in [4.69, 9.17) is 11.1 Å². The van der Waals surface area contributed by atoms with Crippen molar-refractivity contribution in [3.05, 3.63) is 28.5 Å². The highest BCUT2D eigenvalue weighted by molar-refractivity contribution is 9.10. The van der Waals surface area contributed by atoms with Crippen LogP contribution in [-0.2, 0) is 0 Å². The zero-order valence-corrected chi connectivity index (χ0v) is 7.95. The molecule has 1 heterocycles. The van der Waals surface area contributed by atoms with Gasteiger partial charge in [-0.15, -0.1) is 12.4 Å². The molecule has 0 aliphatic rings. The summed E-state index contributed by atoms with van der Waals surface area (Å²) in [5.41, 5.74) is 5.69. The van der Waals surface area contributed by atoms with Crippen LogP contribution in [0, 0.1) is 5.41 Å². The normalized spacial score (nSPS) is 8.45. The molecule has 3 N–H and O–H groups in total. The largest absolute Gasteiger partial charge is 0.382 e. The van der Waals surface area contributed by atoms with Crippen molar-refractivity contribution in [3.8, 4) is 0 Å². The summed E-state index contributed by atoms with van der Waals surface area (Å²) >= 11 is 3.21. The summed E-state index contributed by atoms with van der Waals surface area (Å²) < 4.78 is 0.752. The summed E-state index contributed by atoms with van der Waals surface area (Å²) in [6.07, 6.45) is 1.60. The lowest BCUT2D eigenvalue weighted by molar-refractivity contribution is 1.24. The van der Waals surface area contributed by atoms with Crippen LogP contribution in [-0.4, -0.2) is 10.8 Å². The second-order valence-electron chi connectivity index (χ2n) is 1.75. The van der Waals surface area contributed by atoms with Gasteiger partial charge in [0.15, 0.2) is 0 Å². The number of rotatable bonds is 1. The maximum atomic E-state index is 7.06. The lowest BCUT2D eigenvalue weighted by Gasteiger charge is -1.97. The van der Waals surface area contributed by atoms with Gasteiger partial charge in [-0.1, -0.05) is 0 Å². The minimum absolute atomic E-state index is 0. The van der Waals surface area contributed by atoms with E-state index < -0.39 is 0 Å². The van der Waals surface area contributed by atoms with Crippen molar-refractivity contribution in [3.63, 3.8) is 0 Å². The number of amidine groups is 1. The monoisotopic (exact) mass is 235 g/mol. The maximum Gasteiger partial charge on any atom is 0.142 e. The topological polar surface area (TPSA) is 62.8 Å². The number of pyridine rings is 1. The highest BCUT2D eigenvalue weighted by atomic mass is 79.9. The van der Waals surface area contributed by atoms with Crippen LogP contribution in [0.3, 0.4) is 0 Å². The summed E-state index contributed by atoms with van der Waals surface area (Å²) in [5.74, 6) is -0.0209. The fourth-order valence-electron chi connectivity index (χ4n) is 0.584. The molecule has 1 aromatic rings. The van der Waals surface area contributed by atoms with Crippen LogP contribution in [0.4, 0.5) is 0 Å². The third kappa shape index (κ3) is 2.48. The smallest absolute Gasteiger partial charge is 0.142 e. The Kier molecular flexibility index (Phi) is 4.07. The minimum Gasteiger partial charge on any atom is -0.382 e. The SMILES string of the molecule is Cl.N=C(N)c1ncccc1Br. The van der Waals surface area contributed by atoms with Crippen LogP contribution >= 0.6 is 28.3 Å². The molecule has 3 nitrogen and oxygen atoms in total. The Labute approximate surface area is 79.1 Å². The predicted molar refractivity (Wildman–Crippen MR) is 50.2 cm³/mol. The van der Waals surface area contributed by atoms with E-state index in [1.807, 2.05) is 0 Å². The van der Waals surface area contributed by atoms with Gasteiger partial charge >= 0.3 is 0 Å². The Balaban J connectivity index is 0.000001000. The molecule has 0 aliphatic carbocycles. The van der Waals surface area contributed by atoms with Crippen LogP contribution < -0.4 is 5.73 Å². The fourth-order valence-corrected chi connectivity index (χ4v) is 1.05. The van der Waals surface area contributed by atoms with E-state index in [1.54, 1.807) is 18.3 Å². The van der Waals surface area contributed by atoms with E-state index in [9.17, 15) is 0 Å². The molecule has 0 amide bonds. The van der Waals surface area contributed by atoms with Gasteiger partial charge in [0.1, 0.15) is 11.5 Å². The zero-order valence-electron chi connectivity index (χ0n) is 5.54. The molecule has 60 valence electrons. The molecular weight excluding hydrogens is 229 g/mol. The number of aromatic nitrogens is 1. The number of halogens is 2. The molecule has 0 fully saturated rings. The molecule has 0 saturated carbocycles. The summed E-state index contributed by atoms with van der Waals surface area (Å²) in [4.78, 5) is 3.88. The molecule has 0 spiro atoms. The van der Waals surface area contributed by atoms with E-state index in [-0.39, 0.29) is 18.2 Å². The Bertz CT molecular complexity index is 264. The first kappa shape index (κ1) is 10.4. The van der Waals surface area contributed by atoms with E-state index in [2.05, 4.69) is 20.9 Å². The van der Waals surface area contributed by atoms with Gasteiger partial charge < -0.3 is 5.73 Å². The average molecular weight is 237 g/mol. The lowest BCUT2D eigenvalue weighted by atomic mass is 10.3. The van der Waals surface area contributed by atoms with E-state index >= 15 is 0 Å². The highest BCUT2D eigenvalue weighted by Gasteiger charge is 2.00. The van der Waals surface area contributed by atoms with Crippen molar-refractivity contribution in [2.45, 2.75) is 0 Å². The number of nitrogens with zero attached hydrogens (tertiary/aromatic N) is 1. The fraction of sp³-hybridized carbons (Fsp3) is 0. The quantitative estimate of drug-likeness (QED) is 0.574. The van der Waals surface area contributed by atoms with Crippen molar-refractivity contribution < 1.29 is 0 Å². The number of nitrogen functional groups attached to an aromatic ring is 1. The summed E-state index contributed by atoms with van der Waals surface area (Å²) in [6.45, 7) is 0. The number of hydrogen-bond acceptors (Lipinski definition) is 2. The first-order valence-corrected chi connectivity index (χ1v) is 3.46. The van der Waals surface area contributed by atoms with E-state index in [0.29, 0.717) is 5.69 Å². The Morgan fingerprint density at radius 1 is 1.64 bits per heavy atom. The van der Waals surface area contributed by atoms with Crippen LogP contribution in [0.25, 0.3) is 0 Å². The second kappa shape index (κ2) is 4.31. The molecule has 0 atom stereocenters. The van der Waals surface area contributed by atoms with Crippen LogP contribution in [0.1, 0.15) is 5.69 Å². The van der Waals surface area contributed by atoms with Crippen molar-refractivity contribution in [1.82, 2.24) is 4.98 Å². The number of nitrogens with two attached hydrogens (primary N) is 1. The Morgan fingerprint density at radius 2 is 2.27 bits per heavy atom. The van der Waals surface area contributed by atoms with Crippen LogP contribution in [0.15, 0.2) is 22.8 Å². The van der Waals surface area contributed by atoms with Gasteiger partial charge in [-0.3, -0.25) is 10.4 Å². The van der Waals surface area contributed by atoms with Crippen molar-refractivity contribution in [2.24, 2.45) is 5.73 Å². The van der Waals surface area contributed by atoms with Gasteiger partial charge in [-0.2, -0.15) is 0 Å². The molecule has 5 heteroatoms. The van der Waals surface area contributed by atoms with Gasteiger partial charge in [0.2, 0.25) is 0 Å². The van der Waals surface area contributed by atoms with Gasteiger partial charge in [0.05, 0.1) is 0 Å². The second-order valence-corrected chi connectivity index (χ2v) is 2.60. The first-order chi connectivity index (χ1) is 4.72.